The zero-order valence-corrected chi connectivity index (χ0v) is 19.4. The molecule has 2 aromatic rings. The molecule has 0 aromatic heterocycles. The van der Waals surface area contributed by atoms with Crippen LogP contribution in [-0.4, -0.2) is 50.3 Å². The molecule has 3 rings (SSSR count). The zero-order valence-electron chi connectivity index (χ0n) is 18.6. The van der Waals surface area contributed by atoms with E-state index in [1.165, 1.54) is 16.4 Å². The maximum Gasteiger partial charge on any atom is 0.309 e. The van der Waals surface area contributed by atoms with E-state index in [9.17, 15) is 18.0 Å². The molecule has 0 spiro atoms. The van der Waals surface area contributed by atoms with Crippen LogP contribution in [0.15, 0.2) is 53.4 Å². The van der Waals surface area contributed by atoms with Gasteiger partial charge in [0.2, 0.25) is 15.8 Å². The number of nitrogens with zero attached hydrogens (tertiary/aromatic N) is 1. The van der Waals surface area contributed by atoms with Crippen LogP contribution in [0.1, 0.15) is 42.6 Å². The summed E-state index contributed by atoms with van der Waals surface area (Å²) in [6.07, 6.45) is -0.197. The van der Waals surface area contributed by atoms with Crippen molar-refractivity contribution in [1.29, 1.82) is 0 Å². The van der Waals surface area contributed by atoms with Crippen molar-refractivity contribution in [3.8, 4) is 5.75 Å². The second-order valence-corrected chi connectivity index (χ2v) is 9.83. The number of aryl methyl sites for hydroxylation is 1. The molecular weight excluding hydrogens is 430 g/mol. The largest absolute Gasteiger partial charge is 0.494 e. The summed E-state index contributed by atoms with van der Waals surface area (Å²) in [7, 11) is -3.65. The molecule has 0 N–H and O–H groups in total. The summed E-state index contributed by atoms with van der Waals surface area (Å²) in [5, 5.41) is 0. The van der Waals surface area contributed by atoms with E-state index in [4.69, 9.17) is 9.47 Å². The highest BCUT2D eigenvalue weighted by atomic mass is 32.2. The Bertz CT molecular complexity index is 1040. The van der Waals surface area contributed by atoms with Gasteiger partial charge in [-0.15, -0.1) is 0 Å². The van der Waals surface area contributed by atoms with Gasteiger partial charge in [0, 0.05) is 18.7 Å². The summed E-state index contributed by atoms with van der Waals surface area (Å²) in [5.41, 5.74) is 1.53. The van der Waals surface area contributed by atoms with Gasteiger partial charge in [-0.3, -0.25) is 9.59 Å². The van der Waals surface area contributed by atoms with Crippen molar-refractivity contribution in [3.63, 3.8) is 0 Å². The predicted octanol–water partition coefficient (Wildman–Crippen LogP) is 3.61. The van der Waals surface area contributed by atoms with E-state index in [0.29, 0.717) is 30.8 Å². The van der Waals surface area contributed by atoms with Gasteiger partial charge in [0.15, 0.2) is 6.10 Å². The normalized spacial score (nSPS) is 16.3. The summed E-state index contributed by atoms with van der Waals surface area (Å²) in [5.74, 6) is -0.540. The molecular formula is C24H29NO6S. The van der Waals surface area contributed by atoms with E-state index in [-0.39, 0.29) is 23.8 Å². The quantitative estimate of drug-likeness (QED) is 0.443. The highest BCUT2D eigenvalue weighted by Crippen LogP contribution is 2.26. The van der Waals surface area contributed by atoms with Crippen LogP contribution in [0.2, 0.25) is 0 Å². The lowest BCUT2D eigenvalue weighted by atomic mass is 9.98. The first kappa shape index (κ1) is 23.9. The molecule has 1 fully saturated rings. The average Bonchev–Trinajstić information content (AvgIpc) is 2.79. The maximum atomic E-state index is 12.9. The van der Waals surface area contributed by atoms with Crippen molar-refractivity contribution < 1.29 is 27.5 Å². The molecule has 8 heteroatoms. The first-order chi connectivity index (χ1) is 15.2. The summed E-state index contributed by atoms with van der Waals surface area (Å²) < 4.78 is 38.0. The van der Waals surface area contributed by atoms with Crippen LogP contribution in [0.25, 0.3) is 0 Å². The minimum absolute atomic E-state index is 0.194. The number of carbonyl (C=O) groups is 2. The highest BCUT2D eigenvalue weighted by molar-refractivity contribution is 7.89. The standard InChI is InChI=1S/C24H29NO6S/c1-4-30-21-9-11-22(12-10-21)32(28,29)25-15-13-20(14-16-25)24(27)31-18(3)23(26)19-7-5-17(2)6-8-19/h5-12,18,20H,4,13-16H2,1-3H3. The highest BCUT2D eigenvalue weighted by Gasteiger charge is 2.34. The van der Waals surface area contributed by atoms with Gasteiger partial charge in [0.05, 0.1) is 17.4 Å². The van der Waals surface area contributed by atoms with Gasteiger partial charge in [0.25, 0.3) is 0 Å². The number of carbonyl (C=O) groups excluding carboxylic acids is 2. The van der Waals surface area contributed by atoms with E-state index < -0.39 is 28.0 Å². The Morgan fingerprint density at radius 2 is 1.62 bits per heavy atom. The van der Waals surface area contributed by atoms with Crippen LogP contribution in [0.5, 0.6) is 5.75 Å². The third-order valence-electron chi connectivity index (χ3n) is 5.56. The first-order valence-electron chi connectivity index (χ1n) is 10.8. The Morgan fingerprint density at radius 1 is 1.03 bits per heavy atom. The molecule has 1 heterocycles. The SMILES string of the molecule is CCOc1ccc(S(=O)(=O)N2CCC(C(=O)OC(C)C(=O)c3ccc(C)cc3)CC2)cc1. The predicted molar refractivity (Wildman–Crippen MR) is 120 cm³/mol. The Morgan fingerprint density at radius 3 is 2.19 bits per heavy atom. The molecule has 1 saturated heterocycles. The second-order valence-electron chi connectivity index (χ2n) is 7.89. The number of benzene rings is 2. The number of hydrogen-bond donors (Lipinski definition) is 0. The molecule has 0 bridgehead atoms. The lowest BCUT2D eigenvalue weighted by molar-refractivity contribution is -0.152. The molecule has 0 aliphatic carbocycles. The molecule has 32 heavy (non-hydrogen) atoms. The summed E-state index contributed by atoms with van der Waals surface area (Å²) in [6, 6.07) is 13.4. The number of rotatable bonds is 8. The van der Waals surface area contributed by atoms with Crippen molar-refractivity contribution >= 4 is 21.8 Å². The number of Topliss-reactive ketones (excluding diaryl/α,β-unsaturated/α-hetero) is 1. The van der Waals surface area contributed by atoms with Crippen LogP contribution >= 0.6 is 0 Å². The number of piperidine rings is 1. The van der Waals surface area contributed by atoms with Gasteiger partial charge in [0.1, 0.15) is 5.75 Å². The zero-order chi connectivity index (χ0) is 23.3. The topological polar surface area (TPSA) is 90.0 Å². The Kier molecular flexibility index (Phi) is 7.69. The van der Waals surface area contributed by atoms with Crippen LogP contribution in [0.3, 0.4) is 0 Å². The van der Waals surface area contributed by atoms with Gasteiger partial charge in [-0.25, -0.2) is 8.42 Å². The lowest BCUT2D eigenvalue weighted by Gasteiger charge is -2.30. The smallest absolute Gasteiger partial charge is 0.309 e. The first-order valence-corrected chi connectivity index (χ1v) is 12.2. The van der Waals surface area contributed by atoms with E-state index in [0.717, 1.165) is 5.56 Å². The summed E-state index contributed by atoms with van der Waals surface area (Å²) in [4.78, 5) is 25.3. The Balaban J connectivity index is 1.55. The maximum absolute atomic E-state index is 12.9. The van der Waals surface area contributed by atoms with Gasteiger partial charge < -0.3 is 9.47 Å². The van der Waals surface area contributed by atoms with Gasteiger partial charge >= 0.3 is 5.97 Å². The Labute approximate surface area is 189 Å². The van der Waals surface area contributed by atoms with E-state index in [2.05, 4.69) is 0 Å². The van der Waals surface area contributed by atoms with Crippen molar-refractivity contribution in [2.24, 2.45) is 5.92 Å². The van der Waals surface area contributed by atoms with Crippen molar-refractivity contribution in [2.45, 2.75) is 44.6 Å². The molecule has 1 unspecified atom stereocenters. The van der Waals surface area contributed by atoms with Gasteiger partial charge in [-0.05, 0) is 57.9 Å². The van der Waals surface area contributed by atoms with Gasteiger partial charge in [-0.1, -0.05) is 29.8 Å². The third-order valence-corrected chi connectivity index (χ3v) is 7.47. The van der Waals surface area contributed by atoms with Crippen molar-refractivity contribution in [3.05, 3.63) is 59.7 Å². The number of sulfonamides is 1. The molecule has 1 aliphatic rings. The lowest BCUT2D eigenvalue weighted by Crippen LogP contribution is -2.41. The molecule has 0 radical (unpaired) electrons. The molecule has 0 amide bonds. The Hall–Kier alpha value is -2.71. The molecule has 172 valence electrons. The fourth-order valence-corrected chi connectivity index (χ4v) is 5.10. The number of ether oxygens (including phenoxy) is 2. The third kappa shape index (κ3) is 5.55. The summed E-state index contributed by atoms with van der Waals surface area (Å²) >= 11 is 0. The molecule has 7 nitrogen and oxygen atoms in total. The van der Waals surface area contributed by atoms with E-state index in [1.807, 2.05) is 26.0 Å². The van der Waals surface area contributed by atoms with Crippen LogP contribution in [-0.2, 0) is 19.6 Å². The van der Waals surface area contributed by atoms with Crippen LogP contribution in [0, 0.1) is 12.8 Å². The van der Waals surface area contributed by atoms with Crippen LogP contribution < -0.4 is 4.74 Å². The van der Waals surface area contributed by atoms with Crippen LogP contribution in [0.4, 0.5) is 0 Å². The van der Waals surface area contributed by atoms with Gasteiger partial charge in [-0.2, -0.15) is 4.31 Å². The molecule has 1 atom stereocenters. The number of ketones is 1. The molecule has 0 saturated carbocycles. The number of esters is 1. The minimum Gasteiger partial charge on any atom is -0.494 e. The van der Waals surface area contributed by atoms with Crippen molar-refractivity contribution in [1.82, 2.24) is 4.31 Å². The molecule has 2 aromatic carbocycles. The summed E-state index contributed by atoms with van der Waals surface area (Å²) in [6.45, 7) is 6.29. The fraction of sp³-hybridized carbons (Fsp3) is 0.417. The monoisotopic (exact) mass is 459 g/mol. The minimum atomic E-state index is -3.65. The fourth-order valence-electron chi connectivity index (χ4n) is 3.63. The second kappa shape index (κ2) is 10.3. The van der Waals surface area contributed by atoms with E-state index in [1.54, 1.807) is 31.2 Å². The molecule has 1 aliphatic heterocycles. The van der Waals surface area contributed by atoms with Crippen molar-refractivity contribution in [2.75, 3.05) is 19.7 Å². The average molecular weight is 460 g/mol. The van der Waals surface area contributed by atoms with E-state index >= 15 is 0 Å². The number of hydrogen-bond acceptors (Lipinski definition) is 6.